The predicted molar refractivity (Wildman–Crippen MR) is 54.0 cm³/mol. The van der Waals surface area contributed by atoms with Crippen molar-refractivity contribution in [3.8, 4) is 0 Å². The molecule has 0 aliphatic heterocycles. The van der Waals surface area contributed by atoms with Crippen molar-refractivity contribution in [2.24, 2.45) is 10.8 Å². The highest BCUT2D eigenvalue weighted by Crippen LogP contribution is 2.29. The first-order valence-corrected chi connectivity index (χ1v) is 4.30. The maximum atomic E-state index is 13.2. The number of rotatable bonds is 2. The number of halogens is 4. The van der Waals surface area contributed by atoms with Gasteiger partial charge in [-0.3, -0.25) is 5.41 Å². The molecule has 92 valence electrons. The summed E-state index contributed by atoms with van der Waals surface area (Å²) < 4.78 is 49.8. The maximum absolute atomic E-state index is 13.2. The van der Waals surface area contributed by atoms with Gasteiger partial charge in [-0.15, -0.1) is 0 Å². The number of hydrogen-bond donors (Lipinski definition) is 3. The normalized spacial score (nSPS) is 11.8. The monoisotopic (exact) mass is 248 g/mol. The van der Waals surface area contributed by atoms with E-state index < -0.39 is 23.5 Å². The molecule has 17 heavy (non-hydrogen) atoms. The largest absolute Gasteiger partial charge is 0.416 e. The van der Waals surface area contributed by atoms with Gasteiger partial charge >= 0.3 is 6.18 Å². The van der Waals surface area contributed by atoms with Crippen LogP contribution in [0.2, 0.25) is 0 Å². The van der Waals surface area contributed by atoms with Crippen LogP contribution in [0.25, 0.3) is 0 Å². The topological polar surface area (TPSA) is 74.3 Å². The number of nitrogens with two attached hydrogens (primary N) is 1. The Morgan fingerprint density at radius 2 is 2.06 bits per heavy atom. The Labute approximate surface area is 93.6 Å². The molecular formula is C9H8F4N4. The maximum Gasteiger partial charge on any atom is 0.416 e. The summed E-state index contributed by atoms with van der Waals surface area (Å²) in [6.45, 7) is 0. The average molecular weight is 248 g/mol. The van der Waals surface area contributed by atoms with Crippen LogP contribution < -0.4 is 11.2 Å². The van der Waals surface area contributed by atoms with E-state index in [1.54, 1.807) is 0 Å². The first kappa shape index (κ1) is 12.9. The van der Waals surface area contributed by atoms with Gasteiger partial charge in [-0.1, -0.05) is 0 Å². The number of nitrogens with one attached hydrogen (secondary N) is 2. The van der Waals surface area contributed by atoms with E-state index in [0.717, 1.165) is 18.3 Å². The smallest absolute Gasteiger partial charge is 0.369 e. The molecule has 0 amide bonds. The lowest BCUT2D eigenvalue weighted by Crippen LogP contribution is -2.25. The molecule has 1 aromatic rings. The zero-order chi connectivity index (χ0) is 13.1. The quantitative estimate of drug-likeness (QED) is 0.322. The Bertz CT molecular complexity index is 453. The number of guanidine groups is 1. The number of hydrogen-bond acceptors (Lipinski definition) is 2. The van der Waals surface area contributed by atoms with E-state index in [2.05, 4.69) is 5.10 Å². The Morgan fingerprint density at radius 3 is 2.53 bits per heavy atom. The molecule has 0 heterocycles. The van der Waals surface area contributed by atoms with Crippen LogP contribution in [0.1, 0.15) is 11.1 Å². The van der Waals surface area contributed by atoms with Crippen molar-refractivity contribution in [2.75, 3.05) is 0 Å². The van der Waals surface area contributed by atoms with Gasteiger partial charge in [0, 0.05) is 5.56 Å². The highest BCUT2D eigenvalue weighted by molar-refractivity contribution is 5.82. The predicted octanol–water partition coefficient (Wildman–Crippen LogP) is 1.66. The lowest BCUT2D eigenvalue weighted by Gasteiger charge is -2.07. The summed E-state index contributed by atoms with van der Waals surface area (Å²) in [5.74, 6) is -1.53. The van der Waals surface area contributed by atoms with Crippen LogP contribution in [-0.4, -0.2) is 12.2 Å². The van der Waals surface area contributed by atoms with Gasteiger partial charge in [0.15, 0.2) is 0 Å². The van der Waals surface area contributed by atoms with Crippen LogP contribution in [0.3, 0.4) is 0 Å². The van der Waals surface area contributed by atoms with Crippen LogP contribution in [0.15, 0.2) is 23.3 Å². The summed E-state index contributed by atoms with van der Waals surface area (Å²) >= 11 is 0. The van der Waals surface area contributed by atoms with E-state index in [0.29, 0.717) is 6.07 Å². The fourth-order valence-corrected chi connectivity index (χ4v) is 0.980. The molecule has 4 N–H and O–H groups in total. The highest BCUT2D eigenvalue weighted by atomic mass is 19.4. The van der Waals surface area contributed by atoms with Crippen LogP contribution >= 0.6 is 0 Å². The van der Waals surface area contributed by atoms with E-state index >= 15 is 0 Å². The van der Waals surface area contributed by atoms with Crippen molar-refractivity contribution < 1.29 is 17.6 Å². The number of alkyl halides is 3. The minimum Gasteiger partial charge on any atom is -0.369 e. The molecule has 0 aliphatic rings. The first-order valence-electron chi connectivity index (χ1n) is 4.30. The van der Waals surface area contributed by atoms with Gasteiger partial charge in [0.05, 0.1) is 11.8 Å². The van der Waals surface area contributed by atoms with Gasteiger partial charge in [-0.25, -0.2) is 9.82 Å². The first-order chi connectivity index (χ1) is 7.80. The average Bonchev–Trinajstić information content (AvgIpc) is 2.18. The SMILES string of the molecule is N=C(N)N/N=C/c1ccc(C(F)(F)F)cc1F. The minimum atomic E-state index is -4.59. The molecule has 1 aromatic carbocycles. The summed E-state index contributed by atoms with van der Waals surface area (Å²) in [7, 11) is 0. The van der Waals surface area contributed by atoms with Gasteiger partial charge in [0.25, 0.3) is 0 Å². The van der Waals surface area contributed by atoms with Crippen LogP contribution in [0.4, 0.5) is 17.6 Å². The third-order valence-corrected chi connectivity index (χ3v) is 1.72. The number of benzene rings is 1. The van der Waals surface area contributed by atoms with Gasteiger partial charge in [-0.2, -0.15) is 18.3 Å². The molecule has 0 spiro atoms. The summed E-state index contributed by atoms with van der Waals surface area (Å²) in [4.78, 5) is 0. The zero-order valence-corrected chi connectivity index (χ0v) is 8.35. The molecule has 0 aliphatic carbocycles. The fraction of sp³-hybridized carbons (Fsp3) is 0.111. The van der Waals surface area contributed by atoms with E-state index in [1.165, 1.54) is 0 Å². The molecule has 0 bridgehead atoms. The van der Waals surface area contributed by atoms with Crippen molar-refractivity contribution in [2.45, 2.75) is 6.18 Å². The lowest BCUT2D eigenvalue weighted by atomic mass is 10.1. The van der Waals surface area contributed by atoms with E-state index in [9.17, 15) is 17.6 Å². The molecule has 4 nitrogen and oxygen atoms in total. The molecule has 1 rings (SSSR count). The minimum absolute atomic E-state index is 0.147. The Balaban J connectivity index is 2.91. The molecule has 0 saturated heterocycles. The molecular weight excluding hydrogens is 240 g/mol. The Kier molecular flexibility index (Phi) is 3.66. The van der Waals surface area contributed by atoms with Gasteiger partial charge in [0.2, 0.25) is 5.96 Å². The Morgan fingerprint density at radius 1 is 1.41 bits per heavy atom. The number of hydrazone groups is 1. The van der Waals surface area contributed by atoms with Crippen molar-refractivity contribution in [3.05, 3.63) is 35.1 Å². The van der Waals surface area contributed by atoms with Crippen molar-refractivity contribution in [3.63, 3.8) is 0 Å². The van der Waals surface area contributed by atoms with Crippen molar-refractivity contribution in [1.29, 1.82) is 5.41 Å². The lowest BCUT2D eigenvalue weighted by molar-refractivity contribution is -0.137. The van der Waals surface area contributed by atoms with Crippen LogP contribution in [0, 0.1) is 11.2 Å². The molecule has 0 saturated carbocycles. The fourth-order valence-electron chi connectivity index (χ4n) is 0.980. The third-order valence-electron chi connectivity index (χ3n) is 1.72. The zero-order valence-electron chi connectivity index (χ0n) is 8.35. The molecule has 0 unspecified atom stereocenters. The summed E-state index contributed by atoms with van der Waals surface area (Å²) in [5.41, 5.74) is 5.68. The Hall–Kier alpha value is -2.12. The second kappa shape index (κ2) is 4.81. The highest BCUT2D eigenvalue weighted by Gasteiger charge is 2.30. The molecule has 0 aromatic heterocycles. The second-order valence-corrected chi connectivity index (χ2v) is 3.02. The van der Waals surface area contributed by atoms with E-state index in [-0.39, 0.29) is 5.56 Å². The van der Waals surface area contributed by atoms with Gasteiger partial charge < -0.3 is 5.73 Å². The van der Waals surface area contributed by atoms with E-state index in [4.69, 9.17) is 11.1 Å². The van der Waals surface area contributed by atoms with E-state index in [1.807, 2.05) is 5.43 Å². The van der Waals surface area contributed by atoms with Gasteiger partial charge in [-0.05, 0) is 18.2 Å². The van der Waals surface area contributed by atoms with Crippen LogP contribution in [0.5, 0.6) is 0 Å². The molecule has 0 fully saturated rings. The molecule has 8 heteroatoms. The van der Waals surface area contributed by atoms with Gasteiger partial charge in [0.1, 0.15) is 5.82 Å². The summed E-state index contributed by atoms with van der Waals surface area (Å²) in [5, 5.41) is 10.1. The standard InChI is InChI=1S/C9H8F4N4/c10-7-3-6(9(11,12)13)2-1-5(7)4-16-17-8(14)15/h1-4H,(H4,14,15,17)/b16-4+. The summed E-state index contributed by atoms with van der Waals surface area (Å²) in [6, 6.07) is 2.04. The third kappa shape index (κ3) is 3.74. The molecule has 0 atom stereocenters. The van der Waals surface area contributed by atoms with Crippen molar-refractivity contribution >= 4 is 12.2 Å². The van der Waals surface area contributed by atoms with Crippen molar-refractivity contribution in [1.82, 2.24) is 5.43 Å². The summed E-state index contributed by atoms with van der Waals surface area (Å²) in [6.07, 6.45) is -3.66. The second-order valence-electron chi connectivity index (χ2n) is 3.02. The van der Waals surface area contributed by atoms with Crippen LogP contribution in [-0.2, 0) is 6.18 Å². The number of nitrogens with zero attached hydrogens (tertiary/aromatic N) is 1. The molecule has 0 radical (unpaired) electrons.